The van der Waals surface area contributed by atoms with Gasteiger partial charge in [0.2, 0.25) is 0 Å². The molecule has 0 aromatic carbocycles. The van der Waals surface area contributed by atoms with Gasteiger partial charge in [-0.3, -0.25) is 0 Å². The first-order valence-electron chi connectivity index (χ1n) is 7.02. The van der Waals surface area contributed by atoms with E-state index in [0.717, 1.165) is 51.3 Å². The van der Waals surface area contributed by atoms with E-state index >= 15 is 0 Å². The lowest BCUT2D eigenvalue weighted by molar-refractivity contribution is 0.0688. The molecule has 1 N–H and O–H groups in total. The highest BCUT2D eigenvalue weighted by Crippen LogP contribution is 1.96. The van der Waals surface area contributed by atoms with Gasteiger partial charge in [0.15, 0.2) is 0 Å². The predicted molar refractivity (Wildman–Crippen MR) is 73.9 cm³/mol. The zero-order valence-corrected chi connectivity index (χ0v) is 12.1. The molecule has 0 amide bonds. The van der Waals surface area contributed by atoms with Crippen molar-refractivity contribution in [1.29, 1.82) is 0 Å². The second-order valence-corrected chi connectivity index (χ2v) is 4.39. The van der Waals surface area contributed by atoms with Crippen LogP contribution in [0.3, 0.4) is 0 Å². The summed E-state index contributed by atoms with van der Waals surface area (Å²) in [5, 5.41) is 7.58. The Kier molecular flexibility index (Phi) is 9.22. The normalized spacial score (nSPS) is 11.1. The molecule has 0 spiro atoms. The predicted octanol–water partition coefficient (Wildman–Crippen LogP) is 1.22. The van der Waals surface area contributed by atoms with Gasteiger partial charge in [-0.15, -0.1) is 0 Å². The zero-order chi connectivity index (χ0) is 13.8. The minimum absolute atomic E-state index is 0.672. The van der Waals surface area contributed by atoms with Crippen LogP contribution < -0.4 is 5.32 Å². The van der Waals surface area contributed by atoms with Crippen molar-refractivity contribution in [2.75, 3.05) is 33.5 Å². The Hall–Kier alpha value is -0.980. The Labute approximate surface area is 115 Å². The SMILES string of the molecule is CCCn1ncnc1CNCCCCOCCOC. The first-order chi connectivity index (χ1) is 9.38. The van der Waals surface area contributed by atoms with E-state index in [2.05, 4.69) is 22.3 Å². The topological polar surface area (TPSA) is 61.2 Å². The molecule has 1 heterocycles. The Balaban J connectivity index is 1.97. The second-order valence-electron chi connectivity index (χ2n) is 4.39. The number of aromatic nitrogens is 3. The van der Waals surface area contributed by atoms with Gasteiger partial charge in [0.05, 0.1) is 19.8 Å². The number of ether oxygens (including phenoxy) is 2. The molecule has 110 valence electrons. The third-order valence-corrected chi connectivity index (χ3v) is 2.74. The van der Waals surface area contributed by atoms with Gasteiger partial charge in [-0.05, 0) is 25.8 Å². The van der Waals surface area contributed by atoms with E-state index in [1.165, 1.54) is 0 Å². The summed E-state index contributed by atoms with van der Waals surface area (Å²) in [6, 6.07) is 0. The monoisotopic (exact) mass is 270 g/mol. The molecule has 6 heteroatoms. The van der Waals surface area contributed by atoms with Crippen LogP contribution in [0, 0.1) is 0 Å². The molecule has 0 aliphatic heterocycles. The van der Waals surface area contributed by atoms with Crippen LogP contribution in [0.2, 0.25) is 0 Å². The Morgan fingerprint density at radius 1 is 1.26 bits per heavy atom. The quantitative estimate of drug-likeness (QED) is 0.579. The van der Waals surface area contributed by atoms with E-state index in [0.29, 0.717) is 13.2 Å². The average molecular weight is 270 g/mol. The Morgan fingerprint density at radius 3 is 2.95 bits per heavy atom. The van der Waals surface area contributed by atoms with Crippen molar-refractivity contribution in [3.63, 3.8) is 0 Å². The molecular formula is C13H26N4O2. The fraction of sp³-hybridized carbons (Fsp3) is 0.846. The summed E-state index contributed by atoms with van der Waals surface area (Å²) < 4.78 is 12.3. The highest BCUT2D eigenvalue weighted by molar-refractivity contribution is 4.83. The molecule has 0 saturated heterocycles. The molecule has 1 aromatic heterocycles. The van der Waals surface area contributed by atoms with Crippen molar-refractivity contribution < 1.29 is 9.47 Å². The number of hydrogen-bond donors (Lipinski definition) is 1. The molecule has 1 rings (SSSR count). The maximum Gasteiger partial charge on any atom is 0.140 e. The summed E-state index contributed by atoms with van der Waals surface area (Å²) in [5.74, 6) is 1.01. The molecular weight excluding hydrogens is 244 g/mol. The fourth-order valence-corrected chi connectivity index (χ4v) is 1.72. The second kappa shape index (κ2) is 10.9. The third kappa shape index (κ3) is 7.25. The van der Waals surface area contributed by atoms with Gasteiger partial charge in [-0.1, -0.05) is 6.92 Å². The van der Waals surface area contributed by atoms with Crippen LogP contribution in [0.25, 0.3) is 0 Å². The summed E-state index contributed by atoms with van der Waals surface area (Å²) in [6.07, 6.45) is 4.87. The molecule has 0 bridgehead atoms. The third-order valence-electron chi connectivity index (χ3n) is 2.74. The lowest BCUT2D eigenvalue weighted by Crippen LogP contribution is -2.19. The highest BCUT2D eigenvalue weighted by atomic mass is 16.5. The molecule has 0 unspecified atom stereocenters. The van der Waals surface area contributed by atoms with Gasteiger partial charge in [0, 0.05) is 20.3 Å². The van der Waals surface area contributed by atoms with Gasteiger partial charge in [0.1, 0.15) is 12.2 Å². The van der Waals surface area contributed by atoms with E-state index < -0.39 is 0 Å². The van der Waals surface area contributed by atoms with E-state index in [1.54, 1.807) is 13.4 Å². The van der Waals surface area contributed by atoms with Crippen molar-refractivity contribution >= 4 is 0 Å². The van der Waals surface area contributed by atoms with Gasteiger partial charge >= 0.3 is 0 Å². The molecule has 0 saturated carbocycles. The van der Waals surface area contributed by atoms with E-state index in [-0.39, 0.29) is 0 Å². The van der Waals surface area contributed by atoms with Gasteiger partial charge < -0.3 is 14.8 Å². The summed E-state index contributed by atoms with van der Waals surface area (Å²) in [7, 11) is 1.69. The molecule has 0 aliphatic carbocycles. The number of rotatable bonds is 12. The molecule has 19 heavy (non-hydrogen) atoms. The molecule has 0 atom stereocenters. The standard InChI is InChI=1S/C13H26N4O2/c1-3-7-17-13(15-12-16-17)11-14-6-4-5-8-19-10-9-18-2/h12,14H,3-11H2,1-2H3. The van der Waals surface area contributed by atoms with Crippen molar-refractivity contribution in [2.45, 2.75) is 39.3 Å². The lowest BCUT2D eigenvalue weighted by Gasteiger charge is -2.06. The van der Waals surface area contributed by atoms with Crippen LogP contribution in [0.4, 0.5) is 0 Å². The molecule has 1 aromatic rings. The largest absolute Gasteiger partial charge is 0.382 e. The summed E-state index contributed by atoms with van der Waals surface area (Å²) in [5.41, 5.74) is 0. The summed E-state index contributed by atoms with van der Waals surface area (Å²) >= 11 is 0. The van der Waals surface area contributed by atoms with Crippen LogP contribution in [0.5, 0.6) is 0 Å². The molecule has 0 aliphatic rings. The maximum atomic E-state index is 5.40. The van der Waals surface area contributed by atoms with Gasteiger partial charge in [-0.2, -0.15) is 5.10 Å². The number of unbranched alkanes of at least 4 members (excludes halogenated alkanes) is 1. The minimum Gasteiger partial charge on any atom is -0.382 e. The van der Waals surface area contributed by atoms with Crippen LogP contribution in [0.1, 0.15) is 32.0 Å². The minimum atomic E-state index is 0.672. The summed E-state index contributed by atoms with van der Waals surface area (Å²) in [6.45, 7) is 7.00. The molecule has 0 radical (unpaired) electrons. The number of nitrogens with zero attached hydrogens (tertiary/aromatic N) is 3. The Morgan fingerprint density at radius 2 is 2.16 bits per heavy atom. The fourth-order valence-electron chi connectivity index (χ4n) is 1.72. The number of nitrogens with one attached hydrogen (secondary N) is 1. The van der Waals surface area contributed by atoms with Crippen molar-refractivity contribution in [1.82, 2.24) is 20.1 Å². The van der Waals surface area contributed by atoms with Gasteiger partial charge in [0.25, 0.3) is 0 Å². The number of hydrogen-bond acceptors (Lipinski definition) is 5. The van der Waals surface area contributed by atoms with Crippen LogP contribution >= 0.6 is 0 Å². The first-order valence-corrected chi connectivity index (χ1v) is 7.02. The summed E-state index contributed by atoms with van der Waals surface area (Å²) in [4.78, 5) is 4.25. The zero-order valence-electron chi connectivity index (χ0n) is 12.1. The van der Waals surface area contributed by atoms with Crippen LogP contribution in [-0.4, -0.2) is 48.2 Å². The van der Waals surface area contributed by atoms with E-state index in [9.17, 15) is 0 Å². The van der Waals surface area contributed by atoms with Gasteiger partial charge in [-0.25, -0.2) is 9.67 Å². The lowest BCUT2D eigenvalue weighted by atomic mass is 10.3. The Bertz CT molecular complexity index is 317. The first kappa shape index (κ1) is 16.1. The van der Waals surface area contributed by atoms with Crippen molar-refractivity contribution in [3.05, 3.63) is 12.2 Å². The smallest absolute Gasteiger partial charge is 0.140 e. The van der Waals surface area contributed by atoms with Crippen molar-refractivity contribution in [3.8, 4) is 0 Å². The maximum absolute atomic E-state index is 5.40. The van der Waals surface area contributed by atoms with Crippen LogP contribution in [0.15, 0.2) is 6.33 Å². The van der Waals surface area contributed by atoms with E-state index in [4.69, 9.17) is 9.47 Å². The molecule has 6 nitrogen and oxygen atoms in total. The molecule has 0 fully saturated rings. The van der Waals surface area contributed by atoms with Crippen molar-refractivity contribution in [2.24, 2.45) is 0 Å². The highest BCUT2D eigenvalue weighted by Gasteiger charge is 2.01. The number of methoxy groups -OCH3 is 1. The van der Waals surface area contributed by atoms with Crippen LogP contribution in [-0.2, 0) is 22.6 Å². The number of aryl methyl sites for hydroxylation is 1. The van der Waals surface area contributed by atoms with E-state index in [1.807, 2.05) is 4.68 Å². The average Bonchev–Trinajstić information content (AvgIpc) is 2.85.